The molecule has 0 bridgehead atoms. The van der Waals surface area contributed by atoms with Gasteiger partial charge < -0.3 is 5.32 Å². The minimum atomic E-state index is -0.171. The summed E-state index contributed by atoms with van der Waals surface area (Å²) in [4.78, 5) is 28.2. The third kappa shape index (κ3) is 4.03. The van der Waals surface area contributed by atoms with E-state index in [-0.39, 0.29) is 17.6 Å². The molecule has 2 aromatic rings. The lowest BCUT2D eigenvalue weighted by molar-refractivity contribution is -0.121. The molecule has 7 nitrogen and oxygen atoms in total. The molecule has 23 heavy (non-hydrogen) atoms. The monoisotopic (exact) mass is 353 g/mol. The number of hydrogen-bond acceptors (Lipinski definition) is 6. The normalized spacial score (nSPS) is 17.5. The number of hydrogen-bond donors (Lipinski definition) is 2. The number of H-pyrrole nitrogens is 1. The summed E-state index contributed by atoms with van der Waals surface area (Å²) >= 11 is 3.27. The number of carbonyl (C=O) groups excluding carboxylic acids is 1. The molecule has 1 amide bonds. The highest BCUT2D eigenvalue weighted by Crippen LogP contribution is 2.22. The first-order valence-electron chi connectivity index (χ1n) is 7.66. The lowest BCUT2D eigenvalue weighted by Gasteiger charge is -2.15. The smallest absolute Gasteiger partial charge is 0.343 e. The van der Waals surface area contributed by atoms with E-state index in [1.165, 1.54) is 0 Å². The molecular weight excluding hydrogens is 334 g/mol. The Morgan fingerprint density at radius 3 is 3.26 bits per heavy atom. The van der Waals surface area contributed by atoms with Crippen molar-refractivity contribution < 1.29 is 4.79 Å². The van der Waals surface area contributed by atoms with Crippen LogP contribution in [-0.4, -0.2) is 37.5 Å². The maximum absolute atomic E-state index is 12.2. The Morgan fingerprint density at radius 1 is 1.57 bits per heavy atom. The molecule has 0 fully saturated rings. The summed E-state index contributed by atoms with van der Waals surface area (Å²) in [6.07, 6.45) is 2.54. The van der Waals surface area contributed by atoms with Gasteiger partial charge in [-0.3, -0.25) is 9.36 Å². The van der Waals surface area contributed by atoms with Crippen LogP contribution in [0.3, 0.4) is 0 Å². The van der Waals surface area contributed by atoms with Gasteiger partial charge in [0.1, 0.15) is 10.2 Å². The van der Waals surface area contributed by atoms with Crippen molar-refractivity contribution in [1.29, 1.82) is 0 Å². The molecule has 0 spiro atoms. The summed E-state index contributed by atoms with van der Waals surface area (Å²) < 4.78 is 2.66. The zero-order valence-corrected chi connectivity index (χ0v) is 14.5. The number of rotatable bonds is 5. The van der Waals surface area contributed by atoms with Crippen LogP contribution in [0.4, 0.5) is 0 Å². The number of thioether (sulfide) groups is 1. The zero-order chi connectivity index (χ0) is 16.2. The Bertz CT molecular complexity index is 736. The van der Waals surface area contributed by atoms with Crippen LogP contribution in [0.2, 0.25) is 0 Å². The SMILES string of the molecule is CCSc1nc(CC(=O)NC2CCc3n[nH]c(=O)n3CC2)cs1. The van der Waals surface area contributed by atoms with E-state index in [2.05, 4.69) is 27.4 Å². The zero-order valence-electron chi connectivity index (χ0n) is 12.9. The van der Waals surface area contributed by atoms with Gasteiger partial charge in [0, 0.05) is 24.4 Å². The van der Waals surface area contributed by atoms with Gasteiger partial charge in [-0.05, 0) is 18.6 Å². The average molecular weight is 353 g/mol. The van der Waals surface area contributed by atoms with Crippen molar-refractivity contribution in [3.63, 3.8) is 0 Å². The van der Waals surface area contributed by atoms with Crippen molar-refractivity contribution in [2.75, 3.05) is 5.75 Å². The highest BCUT2D eigenvalue weighted by atomic mass is 32.2. The van der Waals surface area contributed by atoms with Crippen molar-refractivity contribution in [3.05, 3.63) is 27.4 Å². The number of thiazole rings is 1. The lowest BCUT2D eigenvalue weighted by Crippen LogP contribution is -2.36. The molecule has 1 aliphatic heterocycles. The number of carbonyl (C=O) groups is 1. The summed E-state index contributed by atoms with van der Waals surface area (Å²) in [5.41, 5.74) is 0.650. The van der Waals surface area contributed by atoms with E-state index in [0.29, 0.717) is 19.4 Å². The highest BCUT2D eigenvalue weighted by Gasteiger charge is 2.20. The van der Waals surface area contributed by atoms with Gasteiger partial charge in [0.05, 0.1) is 12.1 Å². The van der Waals surface area contributed by atoms with E-state index < -0.39 is 0 Å². The maximum Gasteiger partial charge on any atom is 0.343 e. The number of fused-ring (bicyclic) bond motifs is 1. The molecular formula is C14H19N5O2S2. The third-order valence-corrected chi connectivity index (χ3v) is 5.71. The molecule has 0 saturated heterocycles. The fourth-order valence-corrected chi connectivity index (χ4v) is 4.39. The van der Waals surface area contributed by atoms with Crippen LogP contribution >= 0.6 is 23.1 Å². The third-order valence-electron chi connectivity index (χ3n) is 3.76. The number of nitrogens with one attached hydrogen (secondary N) is 2. The number of amides is 1. The minimum absolute atomic E-state index is 0.0122. The van der Waals surface area contributed by atoms with Crippen molar-refractivity contribution in [1.82, 2.24) is 25.1 Å². The first-order valence-corrected chi connectivity index (χ1v) is 9.53. The van der Waals surface area contributed by atoms with E-state index in [1.54, 1.807) is 27.7 Å². The van der Waals surface area contributed by atoms with E-state index in [9.17, 15) is 9.59 Å². The molecule has 2 N–H and O–H groups in total. The van der Waals surface area contributed by atoms with Gasteiger partial charge in [-0.15, -0.1) is 11.3 Å². The number of nitrogens with zero attached hydrogens (tertiary/aromatic N) is 3. The van der Waals surface area contributed by atoms with E-state index in [1.807, 2.05) is 5.38 Å². The van der Waals surface area contributed by atoms with Crippen molar-refractivity contribution in [2.24, 2.45) is 0 Å². The summed E-state index contributed by atoms with van der Waals surface area (Å²) in [6, 6.07) is 0.0757. The Labute approximate surface area is 141 Å². The number of aromatic nitrogens is 4. The molecule has 9 heteroatoms. The number of aromatic amines is 1. The van der Waals surface area contributed by atoms with Crippen LogP contribution in [0.25, 0.3) is 0 Å². The van der Waals surface area contributed by atoms with Crippen LogP contribution in [-0.2, 0) is 24.2 Å². The molecule has 0 saturated carbocycles. The molecule has 1 aliphatic rings. The molecule has 1 unspecified atom stereocenters. The van der Waals surface area contributed by atoms with Crippen molar-refractivity contribution in [2.45, 2.75) is 49.5 Å². The average Bonchev–Trinajstić information content (AvgIpc) is 3.03. The molecule has 124 valence electrons. The largest absolute Gasteiger partial charge is 0.353 e. The van der Waals surface area contributed by atoms with Gasteiger partial charge in [-0.2, -0.15) is 5.10 Å². The van der Waals surface area contributed by atoms with Crippen LogP contribution in [0.1, 0.15) is 31.3 Å². The Hall–Kier alpha value is -1.61. The first-order chi connectivity index (χ1) is 11.2. The predicted molar refractivity (Wildman–Crippen MR) is 89.9 cm³/mol. The number of aryl methyl sites for hydroxylation is 1. The first kappa shape index (κ1) is 16.3. The Kier molecular flexibility index (Phi) is 5.16. The molecule has 0 aliphatic carbocycles. The second kappa shape index (κ2) is 7.31. The molecule has 1 atom stereocenters. The summed E-state index contributed by atoms with van der Waals surface area (Å²) in [6.45, 7) is 2.67. The quantitative estimate of drug-likeness (QED) is 0.788. The predicted octanol–water partition coefficient (Wildman–Crippen LogP) is 1.20. The van der Waals surface area contributed by atoms with Gasteiger partial charge in [-0.1, -0.05) is 18.7 Å². The molecule has 0 aromatic carbocycles. The highest BCUT2D eigenvalue weighted by molar-refractivity contribution is 8.00. The molecule has 2 aromatic heterocycles. The van der Waals surface area contributed by atoms with Gasteiger partial charge in [0.25, 0.3) is 0 Å². The van der Waals surface area contributed by atoms with Crippen LogP contribution in [0, 0.1) is 0 Å². The second-order valence-corrected chi connectivity index (χ2v) is 7.77. The minimum Gasteiger partial charge on any atom is -0.353 e. The fraction of sp³-hybridized carbons (Fsp3) is 0.571. The molecule has 3 heterocycles. The van der Waals surface area contributed by atoms with E-state index >= 15 is 0 Å². The van der Waals surface area contributed by atoms with Crippen LogP contribution in [0.5, 0.6) is 0 Å². The summed E-state index contributed by atoms with van der Waals surface area (Å²) in [5.74, 6) is 1.74. The molecule has 3 rings (SSSR count). The summed E-state index contributed by atoms with van der Waals surface area (Å²) in [7, 11) is 0. The van der Waals surface area contributed by atoms with Crippen molar-refractivity contribution >= 4 is 29.0 Å². The molecule has 0 radical (unpaired) electrons. The maximum atomic E-state index is 12.2. The van der Waals surface area contributed by atoms with Gasteiger partial charge >= 0.3 is 5.69 Å². The van der Waals surface area contributed by atoms with Gasteiger partial charge in [-0.25, -0.2) is 14.9 Å². The summed E-state index contributed by atoms with van der Waals surface area (Å²) in [5, 5.41) is 11.5. The fourth-order valence-electron chi connectivity index (χ4n) is 2.65. The second-order valence-electron chi connectivity index (χ2n) is 5.40. The Morgan fingerprint density at radius 2 is 2.43 bits per heavy atom. The topological polar surface area (TPSA) is 92.7 Å². The van der Waals surface area contributed by atoms with Gasteiger partial charge in [0.2, 0.25) is 5.91 Å². The Balaban J connectivity index is 1.53. The van der Waals surface area contributed by atoms with Crippen molar-refractivity contribution in [3.8, 4) is 0 Å². The van der Waals surface area contributed by atoms with E-state index in [4.69, 9.17) is 0 Å². The van der Waals surface area contributed by atoms with Crippen LogP contribution in [0.15, 0.2) is 14.5 Å². The van der Waals surface area contributed by atoms with E-state index in [0.717, 1.165) is 34.5 Å². The standard InChI is InChI=1S/C14H19N5O2S2/c1-2-22-14-16-10(8-23-14)7-12(20)15-9-3-4-11-17-18-13(21)19(11)6-5-9/h8-9H,2-7H2,1H3,(H,15,20)(H,18,21). The van der Waals surface area contributed by atoms with Crippen LogP contribution < -0.4 is 11.0 Å². The van der Waals surface area contributed by atoms with Gasteiger partial charge in [0.15, 0.2) is 0 Å². The lowest BCUT2D eigenvalue weighted by atomic mass is 10.1.